The number of nitrogens with zero attached hydrogens (tertiary/aromatic N) is 1. The molecule has 0 aliphatic heterocycles. The minimum atomic E-state index is -0.0898. The Labute approximate surface area is 106 Å². The average molecular weight is 241 g/mol. The molecule has 17 heavy (non-hydrogen) atoms. The quantitative estimate of drug-likeness (QED) is 0.506. The van der Waals surface area contributed by atoms with Gasteiger partial charge in [-0.15, -0.1) is 0 Å². The molecular formula is C14H27NO2. The van der Waals surface area contributed by atoms with Gasteiger partial charge in [0.15, 0.2) is 0 Å². The molecule has 0 bridgehead atoms. The third-order valence-corrected chi connectivity index (χ3v) is 3.93. The molecule has 0 unspecified atom stereocenters. The molecule has 0 heterocycles. The molecule has 0 spiro atoms. The van der Waals surface area contributed by atoms with Crippen LogP contribution >= 0.6 is 0 Å². The van der Waals surface area contributed by atoms with Gasteiger partial charge in [-0.1, -0.05) is 6.92 Å². The first-order valence-corrected chi connectivity index (χ1v) is 6.84. The Bertz CT molecular complexity index is 222. The van der Waals surface area contributed by atoms with E-state index >= 15 is 0 Å². The van der Waals surface area contributed by atoms with E-state index in [-0.39, 0.29) is 5.41 Å². The fourth-order valence-corrected chi connectivity index (χ4v) is 2.63. The highest BCUT2D eigenvalue weighted by atomic mass is 16.5. The van der Waals surface area contributed by atoms with Crippen LogP contribution in [0.5, 0.6) is 0 Å². The number of carbonyl (C=O) groups excluding carboxylic acids is 1. The van der Waals surface area contributed by atoms with Gasteiger partial charge in [0.2, 0.25) is 0 Å². The number of hydrogen-bond donors (Lipinski definition) is 0. The summed E-state index contributed by atoms with van der Waals surface area (Å²) in [7, 11) is 2.09. The Morgan fingerprint density at radius 3 is 2.59 bits per heavy atom. The van der Waals surface area contributed by atoms with Crippen molar-refractivity contribution in [2.75, 3.05) is 33.4 Å². The molecule has 1 aliphatic rings. The maximum atomic E-state index is 11.4. The van der Waals surface area contributed by atoms with Gasteiger partial charge in [0, 0.05) is 25.1 Å². The molecule has 1 rings (SSSR count). The lowest BCUT2D eigenvalue weighted by Crippen LogP contribution is -2.40. The van der Waals surface area contributed by atoms with Gasteiger partial charge >= 0.3 is 0 Å². The van der Waals surface area contributed by atoms with Crippen LogP contribution in [-0.4, -0.2) is 44.5 Å². The summed E-state index contributed by atoms with van der Waals surface area (Å²) in [5.74, 6) is 0.789. The predicted molar refractivity (Wildman–Crippen MR) is 70.1 cm³/mol. The van der Waals surface area contributed by atoms with Gasteiger partial charge in [-0.05, 0) is 45.6 Å². The summed E-state index contributed by atoms with van der Waals surface area (Å²) in [6.45, 7) is 7.63. The van der Waals surface area contributed by atoms with E-state index < -0.39 is 0 Å². The van der Waals surface area contributed by atoms with E-state index in [2.05, 4.69) is 18.9 Å². The Hall–Kier alpha value is -0.410. The van der Waals surface area contributed by atoms with Crippen LogP contribution in [0.25, 0.3) is 0 Å². The minimum absolute atomic E-state index is 0.0898. The van der Waals surface area contributed by atoms with Gasteiger partial charge in [0.1, 0.15) is 6.29 Å². The summed E-state index contributed by atoms with van der Waals surface area (Å²) in [5, 5.41) is 0. The number of hydrogen-bond acceptors (Lipinski definition) is 3. The first-order valence-electron chi connectivity index (χ1n) is 6.84. The summed E-state index contributed by atoms with van der Waals surface area (Å²) < 4.78 is 5.35. The molecule has 0 aromatic carbocycles. The Balaban J connectivity index is 2.37. The number of carbonyl (C=O) groups is 1. The molecule has 100 valence electrons. The SMILES string of the molecule is CCOCCN(C)CC1(C=O)CCC(C)CC1. The van der Waals surface area contributed by atoms with Crippen molar-refractivity contribution in [2.24, 2.45) is 11.3 Å². The zero-order chi connectivity index (χ0) is 12.7. The standard InChI is InChI=1S/C14H27NO2/c1-4-17-10-9-15(3)11-14(12-16)7-5-13(2)6-8-14/h12-13H,4-11H2,1-3H3. The fourth-order valence-electron chi connectivity index (χ4n) is 2.63. The second kappa shape index (κ2) is 7.12. The monoisotopic (exact) mass is 241 g/mol. The Kier molecular flexibility index (Phi) is 6.14. The molecule has 0 N–H and O–H groups in total. The van der Waals surface area contributed by atoms with Crippen molar-refractivity contribution in [2.45, 2.75) is 39.5 Å². The van der Waals surface area contributed by atoms with Crippen LogP contribution in [0.1, 0.15) is 39.5 Å². The molecule has 3 heteroatoms. The Morgan fingerprint density at radius 1 is 1.41 bits per heavy atom. The van der Waals surface area contributed by atoms with Crippen molar-refractivity contribution < 1.29 is 9.53 Å². The predicted octanol–water partition coefficient (Wildman–Crippen LogP) is 2.35. The maximum absolute atomic E-state index is 11.4. The van der Waals surface area contributed by atoms with Crippen molar-refractivity contribution in [3.63, 3.8) is 0 Å². The summed E-state index contributed by atoms with van der Waals surface area (Å²) in [6, 6.07) is 0. The first kappa shape index (κ1) is 14.7. The zero-order valence-corrected chi connectivity index (χ0v) is 11.6. The van der Waals surface area contributed by atoms with Crippen LogP contribution in [0.15, 0.2) is 0 Å². The molecule has 1 saturated carbocycles. The second-order valence-electron chi connectivity index (χ2n) is 5.60. The van der Waals surface area contributed by atoms with Gasteiger partial charge in [-0.3, -0.25) is 0 Å². The minimum Gasteiger partial charge on any atom is -0.380 e. The van der Waals surface area contributed by atoms with Crippen LogP contribution in [-0.2, 0) is 9.53 Å². The van der Waals surface area contributed by atoms with Crippen LogP contribution in [0.3, 0.4) is 0 Å². The van der Waals surface area contributed by atoms with E-state index in [1.54, 1.807) is 0 Å². The molecule has 3 nitrogen and oxygen atoms in total. The lowest BCUT2D eigenvalue weighted by atomic mass is 9.71. The number of ether oxygens (including phenoxy) is 1. The van der Waals surface area contributed by atoms with Crippen molar-refractivity contribution in [3.8, 4) is 0 Å². The van der Waals surface area contributed by atoms with E-state index in [1.165, 1.54) is 19.1 Å². The summed E-state index contributed by atoms with van der Waals surface area (Å²) in [6.07, 6.45) is 5.69. The molecule has 1 fully saturated rings. The maximum Gasteiger partial charge on any atom is 0.127 e. The van der Waals surface area contributed by atoms with E-state index in [0.29, 0.717) is 0 Å². The summed E-state index contributed by atoms with van der Waals surface area (Å²) in [5.41, 5.74) is -0.0898. The molecule has 0 radical (unpaired) electrons. The van der Waals surface area contributed by atoms with Gasteiger partial charge in [-0.2, -0.15) is 0 Å². The van der Waals surface area contributed by atoms with Crippen molar-refractivity contribution >= 4 is 6.29 Å². The third-order valence-electron chi connectivity index (χ3n) is 3.93. The lowest BCUT2D eigenvalue weighted by molar-refractivity contribution is -0.119. The molecule has 0 saturated heterocycles. The molecular weight excluding hydrogens is 214 g/mol. The number of rotatable bonds is 7. The second-order valence-corrected chi connectivity index (χ2v) is 5.60. The van der Waals surface area contributed by atoms with Gasteiger partial charge in [-0.25, -0.2) is 0 Å². The van der Waals surface area contributed by atoms with Crippen molar-refractivity contribution in [1.82, 2.24) is 4.90 Å². The smallest absolute Gasteiger partial charge is 0.127 e. The highest BCUT2D eigenvalue weighted by Crippen LogP contribution is 2.37. The van der Waals surface area contributed by atoms with Crippen molar-refractivity contribution in [3.05, 3.63) is 0 Å². The third kappa shape index (κ3) is 4.76. The summed E-state index contributed by atoms with van der Waals surface area (Å²) in [4.78, 5) is 13.6. The van der Waals surface area contributed by atoms with E-state index in [1.807, 2.05) is 6.92 Å². The molecule has 0 amide bonds. The van der Waals surface area contributed by atoms with Gasteiger partial charge < -0.3 is 14.4 Å². The van der Waals surface area contributed by atoms with Crippen LogP contribution in [0.2, 0.25) is 0 Å². The molecule has 0 aromatic rings. The Morgan fingerprint density at radius 2 is 2.06 bits per heavy atom. The highest BCUT2D eigenvalue weighted by Gasteiger charge is 2.34. The molecule has 0 aromatic heterocycles. The average Bonchev–Trinajstić information content (AvgIpc) is 2.33. The van der Waals surface area contributed by atoms with Gasteiger partial charge in [0.25, 0.3) is 0 Å². The molecule has 0 atom stereocenters. The van der Waals surface area contributed by atoms with Crippen LogP contribution < -0.4 is 0 Å². The van der Waals surface area contributed by atoms with Gasteiger partial charge in [0.05, 0.1) is 6.61 Å². The first-order chi connectivity index (χ1) is 8.12. The number of aldehydes is 1. The van der Waals surface area contributed by atoms with E-state index in [9.17, 15) is 4.79 Å². The van der Waals surface area contributed by atoms with Crippen molar-refractivity contribution in [1.29, 1.82) is 0 Å². The summed E-state index contributed by atoms with van der Waals surface area (Å²) >= 11 is 0. The zero-order valence-electron chi connectivity index (χ0n) is 11.6. The molecule has 1 aliphatic carbocycles. The highest BCUT2D eigenvalue weighted by molar-refractivity contribution is 5.60. The van der Waals surface area contributed by atoms with E-state index in [4.69, 9.17) is 4.74 Å². The topological polar surface area (TPSA) is 29.5 Å². The normalized spacial score (nSPS) is 29.5. The van der Waals surface area contributed by atoms with E-state index in [0.717, 1.165) is 45.1 Å². The van der Waals surface area contributed by atoms with Crippen LogP contribution in [0, 0.1) is 11.3 Å². The largest absolute Gasteiger partial charge is 0.380 e. The number of likely N-dealkylation sites (N-methyl/N-ethyl adjacent to an activating group) is 1. The lowest BCUT2D eigenvalue weighted by Gasteiger charge is -2.37. The fraction of sp³-hybridized carbons (Fsp3) is 0.929. The van der Waals surface area contributed by atoms with Crippen LogP contribution in [0.4, 0.5) is 0 Å².